The average Bonchev–Trinajstić information content (AvgIpc) is 2.11. The van der Waals surface area contributed by atoms with Crippen LogP contribution < -0.4 is 0 Å². The monoisotopic (exact) mass is 209 g/mol. The van der Waals surface area contributed by atoms with Gasteiger partial charge in [-0.25, -0.2) is 0 Å². The lowest BCUT2D eigenvalue weighted by Gasteiger charge is -2.25. The predicted octanol–water partition coefficient (Wildman–Crippen LogP) is 4.17. The Bertz CT molecular complexity index is 281. The number of rotatable bonds is 5. The van der Waals surface area contributed by atoms with Gasteiger partial charge < -0.3 is 5.21 Å². The number of hydrogen-bond donors (Lipinski definition) is 1. The molecule has 0 fully saturated rings. The van der Waals surface area contributed by atoms with Gasteiger partial charge in [0.1, 0.15) is 0 Å². The second-order valence-corrected chi connectivity index (χ2v) is 4.77. The number of oxime groups is 1. The number of hydrogen-bond acceptors (Lipinski definition) is 2. The molecule has 0 saturated heterocycles. The summed E-state index contributed by atoms with van der Waals surface area (Å²) in [5.41, 5.74) is 2.89. The van der Waals surface area contributed by atoms with Crippen molar-refractivity contribution in [3.05, 3.63) is 23.8 Å². The molecule has 0 aliphatic heterocycles. The summed E-state index contributed by atoms with van der Waals surface area (Å²) in [5, 5.41) is 12.4. The third-order valence-corrected chi connectivity index (χ3v) is 2.84. The summed E-state index contributed by atoms with van der Waals surface area (Å²) in [6.07, 6.45) is 3.85. The summed E-state index contributed by atoms with van der Waals surface area (Å²) in [5.74, 6) is 0. The molecule has 0 rings (SSSR count). The topological polar surface area (TPSA) is 32.6 Å². The van der Waals surface area contributed by atoms with Crippen LogP contribution in [0.5, 0.6) is 0 Å². The summed E-state index contributed by atoms with van der Waals surface area (Å²) >= 11 is 0. The Kier molecular flexibility index (Phi) is 5.34. The highest BCUT2D eigenvalue weighted by Gasteiger charge is 2.25. The fourth-order valence-electron chi connectivity index (χ4n) is 1.23. The Morgan fingerprint density at radius 2 is 1.87 bits per heavy atom. The molecule has 0 radical (unpaired) electrons. The van der Waals surface area contributed by atoms with Gasteiger partial charge in [-0.2, -0.15) is 0 Å². The summed E-state index contributed by atoms with van der Waals surface area (Å²) in [7, 11) is 0. The molecule has 15 heavy (non-hydrogen) atoms. The molecule has 1 N–H and O–H groups in total. The van der Waals surface area contributed by atoms with E-state index in [4.69, 9.17) is 5.21 Å². The molecule has 0 unspecified atom stereocenters. The van der Waals surface area contributed by atoms with E-state index in [2.05, 4.69) is 31.7 Å². The van der Waals surface area contributed by atoms with Crippen LogP contribution in [0.4, 0.5) is 0 Å². The minimum atomic E-state index is -0.218. The van der Waals surface area contributed by atoms with Crippen LogP contribution in [0.15, 0.2) is 29.0 Å². The Balaban J connectivity index is 4.54. The average molecular weight is 209 g/mol. The largest absolute Gasteiger partial charge is 0.411 e. The molecule has 86 valence electrons. The van der Waals surface area contributed by atoms with Crippen LogP contribution >= 0.6 is 0 Å². The lowest BCUT2D eigenvalue weighted by molar-refractivity contribution is 0.310. The van der Waals surface area contributed by atoms with Crippen LogP contribution in [0, 0.1) is 5.41 Å². The standard InChI is InChI=1S/C13H23NO/c1-10(2)8-7-9-12(14-15)13(5,6)11(3)4/h8,15H,3,7,9H2,1-2,4-6H3/b14-12-. The van der Waals surface area contributed by atoms with E-state index in [0.29, 0.717) is 0 Å². The minimum absolute atomic E-state index is 0.218. The molecule has 2 nitrogen and oxygen atoms in total. The van der Waals surface area contributed by atoms with Crippen LogP contribution in [0.3, 0.4) is 0 Å². The van der Waals surface area contributed by atoms with Gasteiger partial charge in [0.2, 0.25) is 0 Å². The Morgan fingerprint density at radius 3 is 2.20 bits per heavy atom. The van der Waals surface area contributed by atoms with E-state index in [1.807, 2.05) is 20.8 Å². The van der Waals surface area contributed by atoms with Crippen molar-refractivity contribution >= 4 is 5.71 Å². The third-order valence-electron chi connectivity index (χ3n) is 2.84. The van der Waals surface area contributed by atoms with E-state index in [9.17, 15) is 0 Å². The highest BCUT2D eigenvalue weighted by molar-refractivity contribution is 5.91. The molecule has 0 bridgehead atoms. The maximum atomic E-state index is 9.00. The molecule has 0 aromatic carbocycles. The molecule has 0 saturated carbocycles. The van der Waals surface area contributed by atoms with Gasteiger partial charge in [-0.1, -0.05) is 42.8 Å². The second-order valence-electron chi connectivity index (χ2n) is 4.77. The van der Waals surface area contributed by atoms with Crippen molar-refractivity contribution in [2.75, 3.05) is 0 Å². The van der Waals surface area contributed by atoms with E-state index in [1.54, 1.807) is 0 Å². The fraction of sp³-hybridized carbons (Fsp3) is 0.615. The first-order chi connectivity index (χ1) is 6.82. The van der Waals surface area contributed by atoms with Gasteiger partial charge >= 0.3 is 0 Å². The van der Waals surface area contributed by atoms with Gasteiger partial charge in [0.25, 0.3) is 0 Å². The molecule has 0 amide bonds. The van der Waals surface area contributed by atoms with Crippen LogP contribution in [0.1, 0.15) is 47.5 Å². The van der Waals surface area contributed by atoms with Crippen molar-refractivity contribution in [1.82, 2.24) is 0 Å². The first kappa shape index (κ1) is 13.9. The first-order valence-corrected chi connectivity index (χ1v) is 5.33. The molecule has 0 aliphatic carbocycles. The van der Waals surface area contributed by atoms with Gasteiger partial charge in [-0.05, 0) is 33.6 Å². The van der Waals surface area contributed by atoms with E-state index in [0.717, 1.165) is 24.1 Å². The van der Waals surface area contributed by atoms with E-state index in [1.165, 1.54) is 5.57 Å². The van der Waals surface area contributed by atoms with Crippen LogP contribution in [-0.2, 0) is 0 Å². The lowest BCUT2D eigenvalue weighted by Crippen LogP contribution is -2.25. The van der Waals surface area contributed by atoms with E-state index >= 15 is 0 Å². The van der Waals surface area contributed by atoms with E-state index < -0.39 is 0 Å². The van der Waals surface area contributed by atoms with Crippen LogP contribution in [0.25, 0.3) is 0 Å². The van der Waals surface area contributed by atoms with Crippen molar-refractivity contribution in [2.24, 2.45) is 10.6 Å². The van der Waals surface area contributed by atoms with Crippen molar-refractivity contribution in [1.29, 1.82) is 0 Å². The second kappa shape index (κ2) is 5.74. The van der Waals surface area contributed by atoms with Crippen molar-refractivity contribution < 1.29 is 5.21 Å². The Hall–Kier alpha value is -1.05. The lowest BCUT2D eigenvalue weighted by atomic mass is 9.79. The fourth-order valence-corrected chi connectivity index (χ4v) is 1.23. The van der Waals surface area contributed by atoms with Crippen LogP contribution in [-0.4, -0.2) is 10.9 Å². The summed E-state index contributed by atoms with van der Waals surface area (Å²) in [4.78, 5) is 0. The summed E-state index contributed by atoms with van der Waals surface area (Å²) in [6.45, 7) is 14.1. The smallest absolute Gasteiger partial charge is 0.0670 e. The first-order valence-electron chi connectivity index (χ1n) is 5.33. The molecule has 0 atom stereocenters. The normalized spacial score (nSPS) is 12.5. The number of nitrogens with zero attached hydrogens (tertiary/aromatic N) is 1. The van der Waals surface area contributed by atoms with Gasteiger partial charge in [0.15, 0.2) is 0 Å². The Morgan fingerprint density at radius 1 is 1.33 bits per heavy atom. The SMILES string of the molecule is C=C(C)C(C)(C)/C(CCC=C(C)C)=N\O. The van der Waals surface area contributed by atoms with Crippen LogP contribution in [0.2, 0.25) is 0 Å². The molecular formula is C13H23NO. The zero-order valence-corrected chi connectivity index (χ0v) is 10.6. The van der Waals surface area contributed by atoms with Gasteiger partial charge in [0.05, 0.1) is 5.71 Å². The minimum Gasteiger partial charge on any atom is -0.411 e. The zero-order valence-electron chi connectivity index (χ0n) is 10.6. The summed E-state index contributed by atoms with van der Waals surface area (Å²) in [6, 6.07) is 0. The van der Waals surface area contributed by atoms with Crippen molar-refractivity contribution in [3.8, 4) is 0 Å². The maximum Gasteiger partial charge on any atom is 0.0670 e. The van der Waals surface area contributed by atoms with Gasteiger partial charge in [-0.15, -0.1) is 0 Å². The molecule has 0 aromatic rings. The van der Waals surface area contributed by atoms with Gasteiger partial charge in [0, 0.05) is 5.41 Å². The zero-order chi connectivity index (χ0) is 12.1. The molecule has 0 heterocycles. The Labute approximate surface area is 93.4 Å². The van der Waals surface area contributed by atoms with E-state index in [-0.39, 0.29) is 5.41 Å². The van der Waals surface area contributed by atoms with Crippen molar-refractivity contribution in [2.45, 2.75) is 47.5 Å². The highest BCUT2D eigenvalue weighted by atomic mass is 16.4. The third kappa shape index (κ3) is 4.32. The van der Waals surface area contributed by atoms with Crippen molar-refractivity contribution in [3.63, 3.8) is 0 Å². The summed E-state index contributed by atoms with van der Waals surface area (Å²) < 4.78 is 0. The molecule has 2 heteroatoms. The maximum absolute atomic E-state index is 9.00. The highest BCUT2D eigenvalue weighted by Crippen LogP contribution is 2.28. The molecular weight excluding hydrogens is 186 g/mol. The number of allylic oxidation sites excluding steroid dienone is 3. The van der Waals surface area contributed by atoms with Gasteiger partial charge in [-0.3, -0.25) is 0 Å². The molecule has 0 aliphatic rings. The quantitative estimate of drug-likeness (QED) is 0.313. The molecule has 0 aromatic heterocycles. The molecule has 0 spiro atoms. The predicted molar refractivity (Wildman–Crippen MR) is 66.5 cm³/mol.